The van der Waals surface area contributed by atoms with Crippen molar-refractivity contribution in [2.24, 2.45) is 4.99 Å². The number of likely N-dealkylation sites (N-methyl/N-ethyl adjacent to an activating group) is 1. The van der Waals surface area contributed by atoms with Crippen molar-refractivity contribution in [1.82, 2.24) is 20.9 Å². The van der Waals surface area contributed by atoms with E-state index >= 15 is 0 Å². The standard InChI is InChI=1S/C22H37N5O.HI/c1-4-23-22(24-16-10-13-21(28)26-19-14-15-19)25-17-20(27(5-2)6-3)18-11-8-7-9-12-18;/h7-9,11-12,19-20H,4-6,10,13-17H2,1-3H3,(H,26,28)(H2,23,24,25);1H. The lowest BCUT2D eigenvalue weighted by molar-refractivity contribution is -0.121. The third-order valence-corrected chi connectivity index (χ3v) is 5.02. The van der Waals surface area contributed by atoms with E-state index in [1.165, 1.54) is 5.56 Å². The van der Waals surface area contributed by atoms with E-state index in [-0.39, 0.29) is 35.9 Å². The number of nitrogens with one attached hydrogen (secondary N) is 3. The third kappa shape index (κ3) is 9.80. The quantitative estimate of drug-likeness (QED) is 0.173. The fourth-order valence-corrected chi connectivity index (χ4v) is 3.27. The van der Waals surface area contributed by atoms with Crippen LogP contribution in [0, 0.1) is 0 Å². The number of halogens is 1. The van der Waals surface area contributed by atoms with Gasteiger partial charge >= 0.3 is 0 Å². The number of guanidine groups is 1. The van der Waals surface area contributed by atoms with Gasteiger partial charge in [0.25, 0.3) is 0 Å². The van der Waals surface area contributed by atoms with Crippen LogP contribution >= 0.6 is 24.0 Å². The van der Waals surface area contributed by atoms with Gasteiger partial charge in [-0.25, -0.2) is 0 Å². The molecule has 1 saturated carbocycles. The van der Waals surface area contributed by atoms with Crippen LogP contribution in [0.15, 0.2) is 35.3 Å². The number of amides is 1. The maximum Gasteiger partial charge on any atom is 0.220 e. The number of nitrogens with zero attached hydrogens (tertiary/aromatic N) is 2. The third-order valence-electron chi connectivity index (χ3n) is 5.02. The Morgan fingerprint density at radius 1 is 1.14 bits per heavy atom. The van der Waals surface area contributed by atoms with E-state index in [0.29, 0.717) is 19.0 Å². The summed E-state index contributed by atoms with van der Waals surface area (Å²) in [5, 5.41) is 9.71. The van der Waals surface area contributed by atoms with E-state index in [4.69, 9.17) is 4.99 Å². The molecule has 1 aromatic rings. The summed E-state index contributed by atoms with van der Waals surface area (Å²) in [5.41, 5.74) is 1.29. The molecule has 6 nitrogen and oxygen atoms in total. The molecule has 3 N–H and O–H groups in total. The van der Waals surface area contributed by atoms with Gasteiger partial charge in [-0.2, -0.15) is 0 Å². The van der Waals surface area contributed by atoms with Crippen molar-refractivity contribution in [3.05, 3.63) is 35.9 Å². The highest BCUT2D eigenvalue weighted by atomic mass is 127. The highest BCUT2D eigenvalue weighted by Crippen LogP contribution is 2.20. The first-order valence-corrected chi connectivity index (χ1v) is 10.8. The Bertz CT molecular complexity index is 602. The fourth-order valence-electron chi connectivity index (χ4n) is 3.27. The van der Waals surface area contributed by atoms with Crippen molar-refractivity contribution in [3.8, 4) is 0 Å². The Balaban J connectivity index is 0.00000420. The van der Waals surface area contributed by atoms with Gasteiger partial charge in [-0.1, -0.05) is 44.2 Å². The molecular formula is C22H38IN5O. The predicted molar refractivity (Wildman–Crippen MR) is 132 cm³/mol. The van der Waals surface area contributed by atoms with Crippen LogP contribution in [0.2, 0.25) is 0 Å². The minimum absolute atomic E-state index is 0. The highest BCUT2D eigenvalue weighted by Gasteiger charge is 2.22. The number of aliphatic imine (C=N–C) groups is 1. The van der Waals surface area contributed by atoms with Crippen LogP contribution in [0.5, 0.6) is 0 Å². The maximum atomic E-state index is 11.8. The lowest BCUT2D eigenvalue weighted by Gasteiger charge is -2.29. The molecule has 0 radical (unpaired) electrons. The molecule has 0 aromatic heterocycles. The lowest BCUT2D eigenvalue weighted by Crippen LogP contribution is -2.39. The monoisotopic (exact) mass is 515 g/mol. The summed E-state index contributed by atoms with van der Waals surface area (Å²) in [7, 11) is 0. The summed E-state index contributed by atoms with van der Waals surface area (Å²) in [5.74, 6) is 0.982. The second kappa shape index (κ2) is 14.6. The molecule has 1 aromatic carbocycles. The van der Waals surface area contributed by atoms with Crippen LogP contribution in [0.25, 0.3) is 0 Å². The fraction of sp³-hybridized carbons (Fsp3) is 0.636. The minimum atomic E-state index is 0. The maximum absolute atomic E-state index is 11.8. The van der Waals surface area contributed by atoms with E-state index in [1.54, 1.807) is 0 Å². The predicted octanol–water partition coefficient (Wildman–Crippen LogP) is 3.30. The smallest absolute Gasteiger partial charge is 0.220 e. The van der Waals surface area contributed by atoms with Crippen molar-refractivity contribution in [1.29, 1.82) is 0 Å². The Labute approximate surface area is 193 Å². The molecule has 7 heteroatoms. The molecule has 1 aliphatic carbocycles. The van der Waals surface area contributed by atoms with Crippen LogP contribution in [0.1, 0.15) is 58.1 Å². The summed E-state index contributed by atoms with van der Waals surface area (Å²) < 4.78 is 0. The average molecular weight is 515 g/mol. The van der Waals surface area contributed by atoms with Crippen LogP contribution in [0.4, 0.5) is 0 Å². The number of carbonyl (C=O) groups is 1. The largest absolute Gasteiger partial charge is 0.357 e. The molecule has 29 heavy (non-hydrogen) atoms. The molecule has 1 aliphatic rings. The molecule has 2 rings (SSSR count). The zero-order chi connectivity index (χ0) is 20.2. The topological polar surface area (TPSA) is 68.8 Å². The molecule has 1 atom stereocenters. The van der Waals surface area contributed by atoms with Crippen LogP contribution < -0.4 is 16.0 Å². The number of hydrogen-bond acceptors (Lipinski definition) is 3. The molecule has 0 bridgehead atoms. The van der Waals surface area contributed by atoms with Crippen molar-refractivity contribution in [2.75, 3.05) is 32.7 Å². The zero-order valence-electron chi connectivity index (χ0n) is 18.1. The number of carbonyl (C=O) groups excluding carboxylic acids is 1. The van der Waals surface area contributed by atoms with Gasteiger partial charge in [0.1, 0.15) is 0 Å². The van der Waals surface area contributed by atoms with E-state index in [2.05, 4.69) is 72.0 Å². The molecule has 0 heterocycles. The first-order chi connectivity index (χ1) is 13.7. The van der Waals surface area contributed by atoms with E-state index < -0.39 is 0 Å². The summed E-state index contributed by atoms with van der Waals surface area (Å²) in [4.78, 5) is 19.1. The molecular weight excluding hydrogens is 477 g/mol. The van der Waals surface area contributed by atoms with Gasteiger partial charge in [0.15, 0.2) is 5.96 Å². The van der Waals surface area contributed by atoms with Gasteiger partial charge in [-0.05, 0) is 44.8 Å². The van der Waals surface area contributed by atoms with Gasteiger partial charge in [0.05, 0.1) is 12.6 Å². The lowest BCUT2D eigenvalue weighted by atomic mass is 10.1. The average Bonchev–Trinajstić information content (AvgIpc) is 3.52. The highest BCUT2D eigenvalue weighted by molar-refractivity contribution is 14.0. The molecule has 1 fully saturated rings. The molecule has 0 spiro atoms. The van der Waals surface area contributed by atoms with E-state index in [1.807, 2.05) is 0 Å². The normalized spacial score (nSPS) is 14.8. The molecule has 0 aliphatic heterocycles. The minimum Gasteiger partial charge on any atom is -0.357 e. The number of hydrogen-bond donors (Lipinski definition) is 3. The van der Waals surface area contributed by atoms with Crippen LogP contribution in [-0.2, 0) is 4.79 Å². The Hall–Kier alpha value is -1.35. The van der Waals surface area contributed by atoms with Gasteiger partial charge in [0, 0.05) is 25.6 Å². The number of benzene rings is 1. The van der Waals surface area contributed by atoms with Gasteiger partial charge in [-0.15, -0.1) is 24.0 Å². The van der Waals surface area contributed by atoms with Crippen LogP contribution in [0.3, 0.4) is 0 Å². The van der Waals surface area contributed by atoms with E-state index in [0.717, 1.165) is 51.4 Å². The summed E-state index contributed by atoms with van der Waals surface area (Å²) >= 11 is 0. The zero-order valence-corrected chi connectivity index (χ0v) is 20.4. The molecule has 164 valence electrons. The Kier molecular flexibility index (Phi) is 12.9. The second-order valence-corrected chi connectivity index (χ2v) is 7.24. The van der Waals surface area contributed by atoms with Crippen molar-refractivity contribution < 1.29 is 4.79 Å². The summed E-state index contributed by atoms with van der Waals surface area (Å²) in [6.45, 7) is 10.7. The van der Waals surface area contributed by atoms with Gasteiger partial charge in [0.2, 0.25) is 5.91 Å². The van der Waals surface area contributed by atoms with Gasteiger partial charge in [-0.3, -0.25) is 14.7 Å². The summed E-state index contributed by atoms with van der Waals surface area (Å²) in [6.07, 6.45) is 3.64. The Morgan fingerprint density at radius 2 is 1.83 bits per heavy atom. The van der Waals surface area contributed by atoms with Crippen molar-refractivity contribution in [2.45, 2.75) is 58.5 Å². The first kappa shape index (κ1) is 25.7. The number of rotatable bonds is 12. The molecule has 0 saturated heterocycles. The van der Waals surface area contributed by atoms with Crippen molar-refractivity contribution in [3.63, 3.8) is 0 Å². The van der Waals surface area contributed by atoms with Gasteiger partial charge < -0.3 is 16.0 Å². The van der Waals surface area contributed by atoms with Crippen LogP contribution in [-0.4, -0.2) is 55.5 Å². The molecule has 1 unspecified atom stereocenters. The second-order valence-electron chi connectivity index (χ2n) is 7.24. The summed E-state index contributed by atoms with van der Waals surface area (Å²) in [6, 6.07) is 11.3. The Morgan fingerprint density at radius 3 is 2.41 bits per heavy atom. The van der Waals surface area contributed by atoms with E-state index in [9.17, 15) is 4.79 Å². The van der Waals surface area contributed by atoms with Crippen molar-refractivity contribution >= 4 is 35.8 Å². The first-order valence-electron chi connectivity index (χ1n) is 10.8. The SMILES string of the molecule is CCNC(=NCC(c1ccccc1)N(CC)CC)NCCCC(=O)NC1CC1.I. The molecule has 1 amide bonds.